The van der Waals surface area contributed by atoms with Crippen molar-refractivity contribution in [1.82, 2.24) is 0 Å². The Hall–Kier alpha value is -3.40. The van der Waals surface area contributed by atoms with Gasteiger partial charge in [-0.2, -0.15) is 0 Å². The van der Waals surface area contributed by atoms with E-state index in [1.54, 1.807) is 30.3 Å². The highest BCUT2D eigenvalue weighted by Gasteiger charge is 2.35. The van der Waals surface area contributed by atoms with E-state index in [1.807, 2.05) is 30.3 Å². The SMILES string of the molecule is COc1cccc2c1C(=O)c1c(ccc(CCc3ccccc3)c1O)C2=O. The van der Waals surface area contributed by atoms with E-state index in [0.29, 0.717) is 23.3 Å². The summed E-state index contributed by atoms with van der Waals surface area (Å²) in [6, 6.07) is 18.2. The van der Waals surface area contributed by atoms with Crippen molar-refractivity contribution in [1.29, 1.82) is 0 Å². The van der Waals surface area contributed by atoms with Crippen LogP contribution in [-0.4, -0.2) is 23.8 Å². The van der Waals surface area contributed by atoms with Gasteiger partial charge in [-0.05, 0) is 36.1 Å². The Morgan fingerprint density at radius 2 is 1.52 bits per heavy atom. The summed E-state index contributed by atoms with van der Waals surface area (Å²) in [7, 11) is 1.46. The molecule has 134 valence electrons. The molecule has 4 nitrogen and oxygen atoms in total. The van der Waals surface area contributed by atoms with Crippen LogP contribution in [0.4, 0.5) is 0 Å². The van der Waals surface area contributed by atoms with E-state index in [9.17, 15) is 14.7 Å². The minimum Gasteiger partial charge on any atom is -0.507 e. The average molecular weight is 358 g/mol. The third kappa shape index (κ3) is 2.79. The van der Waals surface area contributed by atoms with Crippen LogP contribution in [0.2, 0.25) is 0 Å². The van der Waals surface area contributed by atoms with Gasteiger partial charge in [0, 0.05) is 11.1 Å². The molecule has 0 saturated heterocycles. The molecule has 0 amide bonds. The number of methoxy groups -OCH3 is 1. The molecule has 4 heteroatoms. The molecule has 0 heterocycles. The minimum absolute atomic E-state index is 0.0718. The van der Waals surface area contributed by atoms with Crippen LogP contribution in [0.1, 0.15) is 43.0 Å². The zero-order valence-electron chi connectivity index (χ0n) is 14.9. The number of fused-ring (bicyclic) bond motifs is 2. The van der Waals surface area contributed by atoms with E-state index in [0.717, 1.165) is 12.0 Å². The summed E-state index contributed by atoms with van der Waals surface area (Å²) in [6.45, 7) is 0. The Morgan fingerprint density at radius 3 is 2.26 bits per heavy atom. The number of ketones is 2. The predicted molar refractivity (Wildman–Crippen MR) is 102 cm³/mol. The first-order valence-electron chi connectivity index (χ1n) is 8.77. The van der Waals surface area contributed by atoms with Gasteiger partial charge in [0.05, 0.1) is 18.2 Å². The Kier molecular flexibility index (Phi) is 4.24. The van der Waals surface area contributed by atoms with Gasteiger partial charge in [0.15, 0.2) is 5.78 Å². The van der Waals surface area contributed by atoms with Gasteiger partial charge in [0.1, 0.15) is 11.5 Å². The van der Waals surface area contributed by atoms with Gasteiger partial charge in [0.2, 0.25) is 5.78 Å². The summed E-state index contributed by atoms with van der Waals surface area (Å²) in [5.74, 6) is -0.427. The molecule has 1 aliphatic carbocycles. The summed E-state index contributed by atoms with van der Waals surface area (Å²) in [5.41, 5.74) is 2.63. The number of ether oxygens (including phenoxy) is 1. The van der Waals surface area contributed by atoms with Crippen LogP contribution in [-0.2, 0) is 12.8 Å². The van der Waals surface area contributed by atoms with Crippen molar-refractivity contribution in [2.75, 3.05) is 7.11 Å². The monoisotopic (exact) mass is 358 g/mol. The lowest BCUT2D eigenvalue weighted by Gasteiger charge is -2.21. The number of phenolic OH excluding ortho intramolecular Hbond substituents is 1. The van der Waals surface area contributed by atoms with Crippen LogP contribution in [0.25, 0.3) is 0 Å². The first kappa shape index (κ1) is 17.0. The standard InChI is InChI=1S/C23H18O4/c1-27-18-9-5-8-16-19(18)23(26)20-17(22(16)25)13-12-15(21(20)24)11-10-14-6-3-2-4-7-14/h2-9,12-13,24H,10-11H2,1H3. The second kappa shape index (κ2) is 6.72. The molecule has 4 rings (SSSR count). The summed E-state index contributed by atoms with van der Waals surface area (Å²) in [5, 5.41) is 10.8. The lowest BCUT2D eigenvalue weighted by molar-refractivity contribution is 0.0974. The predicted octanol–water partition coefficient (Wildman–Crippen LogP) is 3.96. The van der Waals surface area contributed by atoms with Gasteiger partial charge in [-0.15, -0.1) is 0 Å². The highest BCUT2D eigenvalue weighted by molar-refractivity contribution is 6.30. The molecule has 0 saturated carbocycles. The van der Waals surface area contributed by atoms with E-state index in [-0.39, 0.29) is 34.0 Å². The second-order valence-corrected chi connectivity index (χ2v) is 6.52. The number of phenols is 1. The van der Waals surface area contributed by atoms with Crippen molar-refractivity contribution in [2.45, 2.75) is 12.8 Å². The van der Waals surface area contributed by atoms with Crippen molar-refractivity contribution in [3.05, 3.63) is 94.0 Å². The lowest BCUT2D eigenvalue weighted by Crippen LogP contribution is -2.22. The molecule has 0 radical (unpaired) electrons. The highest BCUT2D eigenvalue weighted by atomic mass is 16.5. The van der Waals surface area contributed by atoms with Crippen LogP contribution >= 0.6 is 0 Å². The van der Waals surface area contributed by atoms with Gasteiger partial charge in [-0.25, -0.2) is 0 Å². The van der Waals surface area contributed by atoms with Gasteiger partial charge in [-0.1, -0.05) is 48.5 Å². The molecule has 3 aromatic rings. The Morgan fingerprint density at radius 1 is 0.778 bits per heavy atom. The third-order valence-corrected chi connectivity index (χ3v) is 4.98. The number of benzene rings is 3. The van der Waals surface area contributed by atoms with Crippen LogP contribution < -0.4 is 4.74 Å². The first-order chi connectivity index (χ1) is 13.1. The van der Waals surface area contributed by atoms with E-state index in [1.165, 1.54) is 7.11 Å². The van der Waals surface area contributed by atoms with E-state index >= 15 is 0 Å². The fourth-order valence-electron chi connectivity index (χ4n) is 3.57. The third-order valence-electron chi connectivity index (χ3n) is 4.98. The summed E-state index contributed by atoms with van der Waals surface area (Å²) in [4.78, 5) is 25.9. The van der Waals surface area contributed by atoms with Crippen LogP contribution in [0, 0.1) is 0 Å². The molecular formula is C23H18O4. The molecule has 1 N–H and O–H groups in total. The minimum atomic E-state index is -0.379. The molecular weight excluding hydrogens is 340 g/mol. The topological polar surface area (TPSA) is 63.6 Å². The number of carbonyl (C=O) groups is 2. The normalized spacial score (nSPS) is 12.5. The molecule has 0 aromatic heterocycles. The quantitative estimate of drug-likeness (QED) is 0.600. The molecule has 1 aliphatic rings. The lowest BCUT2D eigenvalue weighted by atomic mass is 9.81. The van der Waals surface area contributed by atoms with Crippen molar-refractivity contribution in [2.24, 2.45) is 0 Å². The number of carbonyl (C=O) groups excluding carboxylic acids is 2. The maximum atomic E-state index is 13.1. The summed E-state index contributed by atoms with van der Waals surface area (Å²) in [6.07, 6.45) is 1.30. The first-order valence-corrected chi connectivity index (χ1v) is 8.77. The fourth-order valence-corrected chi connectivity index (χ4v) is 3.57. The Labute approximate surface area is 157 Å². The number of aryl methyl sites for hydroxylation is 2. The van der Waals surface area contributed by atoms with Crippen LogP contribution in [0.15, 0.2) is 60.7 Å². The molecule has 0 aliphatic heterocycles. The van der Waals surface area contributed by atoms with E-state index < -0.39 is 0 Å². The molecule has 0 spiro atoms. The van der Waals surface area contributed by atoms with Crippen molar-refractivity contribution in [3.8, 4) is 11.5 Å². The maximum absolute atomic E-state index is 13.1. The van der Waals surface area contributed by atoms with Crippen molar-refractivity contribution in [3.63, 3.8) is 0 Å². The fraction of sp³-hybridized carbons (Fsp3) is 0.130. The van der Waals surface area contributed by atoms with Gasteiger partial charge in [0.25, 0.3) is 0 Å². The second-order valence-electron chi connectivity index (χ2n) is 6.52. The summed E-state index contributed by atoms with van der Waals surface area (Å²) < 4.78 is 5.27. The largest absolute Gasteiger partial charge is 0.507 e. The molecule has 27 heavy (non-hydrogen) atoms. The number of aromatic hydroxyl groups is 1. The van der Waals surface area contributed by atoms with Gasteiger partial charge < -0.3 is 9.84 Å². The van der Waals surface area contributed by atoms with Gasteiger partial charge in [-0.3, -0.25) is 9.59 Å². The number of hydrogen-bond acceptors (Lipinski definition) is 4. The zero-order valence-corrected chi connectivity index (χ0v) is 14.9. The van der Waals surface area contributed by atoms with E-state index in [2.05, 4.69) is 0 Å². The smallest absolute Gasteiger partial charge is 0.201 e. The molecule has 0 fully saturated rings. The molecule has 3 aromatic carbocycles. The zero-order chi connectivity index (χ0) is 19.0. The summed E-state index contributed by atoms with van der Waals surface area (Å²) >= 11 is 0. The van der Waals surface area contributed by atoms with Crippen LogP contribution in [0.3, 0.4) is 0 Å². The van der Waals surface area contributed by atoms with Crippen molar-refractivity contribution >= 4 is 11.6 Å². The Bertz CT molecular complexity index is 1050. The molecule has 0 atom stereocenters. The van der Waals surface area contributed by atoms with Gasteiger partial charge >= 0.3 is 0 Å². The number of rotatable bonds is 4. The number of hydrogen-bond donors (Lipinski definition) is 1. The van der Waals surface area contributed by atoms with Crippen molar-refractivity contribution < 1.29 is 19.4 Å². The highest BCUT2D eigenvalue weighted by Crippen LogP contribution is 2.38. The maximum Gasteiger partial charge on any atom is 0.201 e. The average Bonchev–Trinajstić information content (AvgIpc) is 2.71. The Balaban J connectivity index is 1.76. The van der Waals surface area contributed by atoms with Crippen LogP contribution in [0.5, 0.6) is 11.5 Å². The van der Waals surface area contributed by atoms with E-state index in [4.69, 9.17) is 4.74 Å². The molecule has 0 unspecified atom stereocenters. The molecule has 0 bridgehead atoms.